The molecular weight excluding hydrogens is 266 g/mol. The van der Waals surface area contributed by atoms with Gasteiger partial charge in [-0.1, -0.05) is 37.3 Å². The summed E-state index contributed by atoms with van der Waals surface area (Å²) in [7, 11) is 0. The van der Waals surface area contributed by atoms with Crippen molar-refractivity contribution in [1.82, 2.24) is 15.1 Å². The maximum atomic E-state index is 12.0. The molecule has 1 aromatic rings. The van der Waals surface area contributed by atoms with E-state index in [2.05, 4.69) is 17.1 Å². The summed E-state index contributed by atoms with van der Waals surface area (Å²) in [4.78, 5) is 27.8. The molecule has 1 heterocycles. The third kappa shape index (κ3) is 4.56. The lowest BCUT2D eigenvalue weighted by atomic mass is 10.1. The van der Waals surface area contributed by atoms with Crippen molar-refractivity contribution >= 4 is 11.8 Å². The minimum absolute atomic E-state index is 0.404. The van der Waals surface area contributed by atoms with E-state index in [1.807, 2.05) is 30.3 Å². The van der Waals surface area contributed by atoms with Gasteiger partial charge in [-0.2, -0.15) is 0 Å². The van der Waals surface area contributed by atoms with Crippen LogP contribution in [0, 0.1) is 0 Å². The molecule has 0 bridgehead atoms. The summed E-state index contributed by atoms with van der Waals surface area (Å²) in [5, 5.41) is 2.71. The smallest absolute Gasteiger partial charge is 0.311 e. The SMILES string of the molecule is CCN1CCN(C(=O)C(=O)NCCc2ccccc2)CC1. The molecular formula is C16H23N3O2. The number of nitrogens with zero attached hydrogens (tertiary/aromatic N) is 2. The minimum atomic E-state index is -0.490. The molecule has 2 amide bonds. The zero-order valence-corrected chi connectivity index (χ0v) is 12.5. The fraction of sp³-hybridized carbons (Fsp3) is 0.500. The predicted molar refractivity (Wildman–Crippen MR) is 81.8 cm³/mol. The number of piperazine rings is 1. The first kappa shape index (κ1) is 15.5. The summed E-state index contributed by atoms with van der Waals surface area (Å²) >= 11 is 0. The van der Waals surface area contributed by atoms with Crippen molar-refractivity contribution in [1.29, 1.82) is 0 Å². The van der Waals surface area contributed by atoms with Crippen LogP contribution in [0.25, 0.3) is 0 Å². The normalized spacial score (nSPS) is 15.8. The first-order valence-electron chi connectivity index (χ1n) is 7.54. The van der Waals surface area contributed by atoms with E-state index in [0.717, 1.165) is 31.6 Å². The molecule has 1 aliphatic heterocycles. The van der Waals surface area contributed by atoms with Gasteiger partial charge in [-0.15, -0.1) is 0 Å². The Morgan fingerprint density at radius 3 is 2.38 bits per heavy atom. The summed E-state index contributed by atoms with van der Waals surface area (Å²) in [6, 6.07) is 9.92. The average Bonchev–Trinajstić information content (AvgIpc) is 2.55. The molecule has 0 radical (unpaired) electrons. The van der Waals surface area contributed by atoms with Crippen LogP contribution in [0.2, 0.25) is 0 Å². The van der Waals surface area contributed by atoms with Gasteiger partial charge in [0.15, 0.2) is 0 Å². The molecule has 5 nitrogen and oxygen atoms in total. The molecule has 1 N–H and O–H groups in total. The summed E-state index contributed by atoms with van der Waals surface area (Å²) < 4.78 is 0. The second-order valence-electron chi connectivity index (χ2n) is 5.22. The molecule has 21 heavy (non-hydrogen) atoms. The van der Waals surface area contributed by atoms with Gasteiger partial charge in [-0.05, 0) is 18.5 Å². The van der Waals surface area contributed by atoms with Crippen LogP contribution in [-0.4, -0.2) is 60.9 Å². The Kier molecular flexibility index (Phi) is 5.75. The number of rotatable bonds is 4. The molecule has 0 spiro atoms. The lowest BCUT2D eigenvalue weighted by Crippen LogP contribution is -2.52. The highest BCUT2D eigenvalue weighted by atomic mass is 16.2. The largest absolute Gasteiger partial charge is 0.347 e. The second kappa shape index (κ2) is 7.78. The Morgan fingerprint density at radius 2 is 1.76 bits per heavy atom. The van der Waals surface area contributed by atoms with E-state index in [0.29, 0.717) is 19.6 Å². The van der Waals surface area contributed by atoms with E-state index in [1.54, 1.807) is 4.90 Å². The monoisotopic (exact) mass is 289 g/mol. The zero-order valence-electron chi connectivity index (χ0n) is 12.5. The van der Waals surface area contributed by atoms with Crippen molar-refractivity contribution < 1.29 is 9.59 Å². The molecule has 2 rings (SSSR count). The maximum Gasteiger partial charge on any atom is 0.311 e. The number of benzene rings is 1. The van der Waals surface area contributed by atoms with Gasteiger partial charge in [0.25, 0.3) is 0 Å². The minimum Gasteiger partial charge on any atom is -0.347 e. The Bertz CT molecular complexity index is 468. The zero-order chi connectivity index (χ0) is 15.1. The quantitative estimate of drug-likeness (QED) is 0.822. The van der Waals surface area contributed by atoms with Crippen molar-refractivity contribution in [2.75, 3.05) is 39.3 Å². The van der Waals surface area contributed by atoms with Gasteiger partial charge >= 0.3 is 11.8 Å². The van der Waals surface area contributed by atoms with Crippen LogP contribution >= 0.6 is 0 Å². The predicted octanol–water partition coefficient (Wildman–Crippen LogP) is 0.509. The van der Waals surface area contributed by atoms with E-state index in [1.165, 1.54) is 0 Å². The number of carbonyl (C=O) groups excluding carboxylic acids is 2. The van der Waals surface area contributed by atoms with Gasteiger partial charge in [0, 0.05) is 32.7 Å². The summed E-state index contributed by atoms with van der Waals surface area (Å²) in [5.74, 6) is -0.894. The highest BCUT2D eigenvalue weighted by Gasteiger charge is 2.24. The van der Waals surface area contributed by atoms with Crippen LogP contribution in [0.1, 0.15) is 12.5 Å². The fourth-order valence-electron chi connectivity index (χ4n) is 2.45. The lowest BCUT2D eigenvalue weighted by Gasteiger charge is -2.33. The van der Waals surface area contributed by atoms with E-state index in [9.17, 15) is 9.59 Å². The van der Waals surface area contributed by atoms with Crippen LogP contribution in [-0.2, 0) is 16.0 Å². The Morgan fingerprint density at radius 1 is 1.10 bits per heavy atom. The van der Waals surface area contributed by atoms with Gasteiger partial charge in [0.2, 0.25) is 0 Å². The summed E-state index contributed by atoms with van der Waals surface area (Å²) in [5.41, 5.74) is 1.15. The first-order chi connectivity index (χ1) is 10.2. The molecule has 0 unspecified atom stereocenters. The number of nitrogens with one attached hydrogen (secondary N) is 1. The fourth-order valence-corrected chi connectivity index (χ4v) is 2.45. The number of likely N-dealkylation sites (N-methyl/N-ethyl adjacent to an activating group) is 1. The topological polar surface area (TPSA) is 52.7 Å². The molecule has 1 aromatic carbocycles. The van der Waals surface area contributed by atoms with Gasteiger partial charge < -0.3 is 15.1 Å². The van der Waals surface area contributed by atoms with Crippen molar-refractivity contribution in [3.8, 4) is 0 Å². The van der Waals surface area contributed by atoms with Crippen LogP contribution in [0.4, 0.5) is 0 Å². The highest BCUT2D eigenvalue weighted by Crippen LogP contribution is 2.02. The Balaban J connectivity index is 1.72. The third-order valence-electron chi connectivity index (χ3n) is 3.84. The maximum absolute atomic E-state index is 12.0. The molecule has 0 atom stereocenters. The van der Waals surface area contributed by atoms with E-state index in [4.69, 9.17) is 0 Å². The number of hydrogen-bond acceptors (Lipinski definition) is 3. The van der Waals surface area contributed by atoms with Crippen LogP contribution < -0.4 is 5.32 Å². The van der Waals surface area contributed by atoms with Crippen LogP contribution in [0.3, 0.4) is 0 Å². The summed E-state index contributed by atoms with van der Waals surface area (Å²) in [6.45, 7) is 6.55. The van der Waals surface area contributed by atoms with Gasteiger partial charge in [0.1, 0.15) is 0 Å². The van der Waals surface area contributed by atoms with E-state index >= 15 is 0 Å². The molecule has 5 heteroatoms. The lowest BCUT2D eigenvalue weighted by molar-refractivity contribution is -0.146. The second-order valence-corrected chi connectivity index (χ2v) is 5.22. The standard InChI is InChI=1S/C16H23N3O2/c1-2-18-10-12-19(13-11-18)16(21)15(20)17-9-8-14-6-4-3-5-7-14/h3-7H,2,8-13H2,1H3,(H,17,20). The molecule has 0 aromatic heterocycles. The molecule has 1 saturated heterocycles. The van der Waals surface area contributed by atoms with Gasteiger partial charge in [0.05, 0.1) is 0 Å². The number of carbonyl (C=O) groups is 2. The number of amides is 2. The van der Waals surface area contributed by atoms with Crippen LogP contribution in [0.5, 0.6) is 0 Å². The molecule has 114 valence electrons. The van der Waals surface area contributed by atoms with Gasteiger partial charge in [-0.25, -0.2) is 0 Å². The molecule has 0 aliphatic carbocycles. The van der Waals surface area contributed by atoms with E-state index < -0.39 is 11.8 Å². The first-order valence-corrected chi connectivity index (χ1v) is 7.54. The Labute approximate surface area is 125 Å². The molecule has 0 saturated carbocycles. The van der Waals surface area contributed by atoms with Crippen LogP contribution in [0.15, 0.2) is 30.3 Å². The van der Waals surface area contributed by atoms with Crippen molar-refractivity contribution in [2.45, 2.75) is 13.3 Å². The Hall–Kier alpha value is -1.88. The van der Waals surface area contributed by atoms with Crippen molar-refractivity contribution in [3.05, 3.63) is 35.9 Å². The van der Waals surface area contributed by atoms with E-state index in [-0.39, 0.29) is 0 Å². The molecule has 1 aliphatic rings. The molecule has 1 fully saturated rings. The summed E-state index contributed by atoms with van der Waals surface area (Å²) in [6.07, 6.45) is 0.740. The van der Waals surface area contributed by atoms with Gasteiger partial charge in [-0.3, -0.25) is 9.59 Å². The number of hydrogen-bond donors (Lipinski definition) is 1. The third-order valence-corrected chi connectivity index (χ3v) is 3.84. The van der Waals surface area contributed by atoms with Crippen molar-refractivity contribution in [2.24, 2.45) is 0 Å². The van der Waals surface area contributed by atoms with Crippen molar-refractivity contribution in [3.63, 3.8) is 0 Å². The average molecular weight is 289 g/mol. The highest BCUT2D eigenvalue weighted by molar-refractivity contribution is 6.35.